The van der Waals surface area contributed by atoms with Crippen molar-refractivity contribution in [3.8, 4) is 0 Å². The zero-order valence-electron chi connectivity index (χ0n) is 18.3. The van der Waals surface area contributed by atoms with Crippen molar-refractivity contribution in [2.24, 2.45) is 4.99 Å². The fraction of sp³-hybridized carbons (Fsp3) is 0.375. The lowest BCUT2D eigenvalue weighted by Crippen LogP contribution is -2.54. The van der Waals surface area contributed by atoms with E-state index in [2.05, 4.69) is 21.3 Å². The Hall–Kier alpha value is -3.06. The molecule has 0 aromatic heterocycles. The minimum Gasteiger partial charge on any atom is -0.371 e. The Balaban J connectivity index is 1.71. The average Bonchev–Trinajstić information content (AvgIpc) is 2.73. The molecule has 1 aliphatic carbocycles. The molecule has 4 rings (SSSR count). The summed E-state index contributed by atoms with van der Waals surface area (Å²) in [5.41, 5.74) is 3.43. The number of aliphatic imine (C=N–C) groups is 1. The standard InChI is InChI=1S/C24H28ClN5O2/c1-15(31)27-19-12-21-22(13-20(19)28-16(2)32)30-24(9-4-3-5-10-24)23(29-21)26-14-17-7-6-8-18(25)11-17/h6-8,11-13,30H,3-5,9-10,14H2,1-2H3,(H,26,29)(H,27,31)(H,28,32). The predicted molar refractivity (Wildman–Crippen MR) is 130 cm³/mol. The Morgan fingerprint density at radius 1 is 1.03 bits per heavy atom. The van der Waals surface area contributed by atoms with Crippen LogP contribution in [0.25, 0.3) is 0 Å². The molecule has 8 heteroatoms. The third-order valence-corrected chi connectivity index (χ3v) is 6.11. The molecule has 4 N–H and O–H groups in total. The van der Waals surface area contributed by atoms with Crippen LogP contribution in [0.4, 0.5) is 22.7 Å². The minimum atomic E-state index is -0.285. The van der Waals surface area contributed by atoms with Crippen LogP contribution in [0.5, 0.6) is 0 Å². The van der Waals surface area contributed by atoms with Gasteiger partial charge in [-0.15, -0.1) is 0 Å². The number of amidine groups is 1. The van der Waals surface area contributed by atoms with Gasteiger partial charge >= 0.3 is 0 Å². The van der Waals surface area contributed by atoms with E-state index in [0.29, 0.717) is 28.6 Å². The molecule has 0 radical (unpaired) electrons. The molecule has 0 saturated heterocycles. The SMILES string of the molecule is CC(=O)Nc1cc2c(cc1NC(C)=O)NC1(CCCCC1)C(NCc1cccc(Cl)c1)=N2. The molecule has 1 spiro atoms. The van der Waals surface area contributed by atoms with E-state index in [-0.39, 0.29) is 17.4 Å². The highest BCUT2D eigenvalue weighted by Gasteiger charge is 2.40. The van der Waals surface area contributed by atoms with Crippen LogP contribution in [0.2, 0.25) is 5.02 Å². The Kier molecular flexibility index (Phi) is 6.37. The molecule has 0 unspecified atom stereocenters. The van der Waals surface area contributed by atoms with E-state index in [1.54, 1.807) is 6.07 Å². The van der Waals surface area contributed by atoms with Crippen LogP contribution >= 0.6 is 11.6 Å². The van der Waals surface area contributed by atoms with E-state index in [1.165, 1.54) is 20.3 Å². The number of nitrogens with one attached hydrogen (secondary N) is 4. The largest absolute Gasteiger partial charge is 0.371 e. The second-order valence-corrected chi connectivity index (χ2v) is 8.93. The summed E-state index contributed by atoms with van der Waals surface area (Å²) in [6.07, 6.45) is 5.37. The van der Waals surface area contributed by atoms with Crippen molar-refractivity contribution in [2.45, 2.75) is 58.0 Å². The first-order valence-electron chi connectivity index (χ1n) is 10.9. The van der Waals surface area contributed by atoms with Gasteiger partial charge in [0.05, 0.1) is 28.3 Å². The van der Waals surface area contributed by atoms with E-state index in [9.17, 15) is 9.59 Å². The fourth-order valence-corrected chi connectivity index (χ4v) is 4.68. The van der Waals surface area contributed by atoms with Crippen LogP contribution in [0.15, 0.2) is 41.4 Å². The average molecular weight is 454 g/mol. The molecule has 1 heterocycles. The van der Waals surface area contributed by atoms with Gasteiger partial charge in [0.1, 0.15) is 5.84 Å². The van der Waals surface area contributed by atoms with Crippen molar-refractivity contribution >= 4 is 52.0 Å². The van der Waals surface area contributed by atoms with Gasteiger partial charge in [0.25, 0.3) is 0 Å². The molecule has 2 aromatic carbocycles. The van der Waals surface area contributed by atoms with Gasteiger partial charge in [-0.05, 0) is 42.7 Å². The van der Waals surface area contributed by atoms with Gasteiger partial charge in [-0.2, -0.15) is 0 Å². The number of fused-ring (bicyclic) bond motifs is 1. The summed E-state index contributed by atoms with van der Waals surface area (Å²) in [5, 5.41) is 13.6. The molecule has 2 aliphatic rings. The van der Waals surface area contributed by atoms with Gasteiger partial charge in [0, 0.05) is 25.4 Å². The number of carbonyl (C=O) groups is 2. The van der Waals surface area contributed by atoms with Crippen LogP contribution in [0.1, 0.15) is 51.5 Å². The molecule has 1 fully saturated rings. The number of nitrogens with zero attached hydrogens (tertiary/aromatic N) is 1. The number of hydrogen-bond acceptors (Lipinski definition) is 5. The lowest BCUT2D eigenvalue weighted by atomic mass is 9.79. The monoisotopic (exact) mass is 453 g/mol. The molecule has 168 valence electrons. The maximum absolute atomic E-state index is 11.7. The Morgan fingerprint density at radius 2 is 1.72 bits per heavy atom. The van der Waals surface area contributed by atoms with Gasteiger partial charge in [-0.1, -0.05) is 43.0 Å². The smallest absolute Gasteiger partial charge is 0.221 e. The van der Waals surface area contributed by atoms with Gasteiger partial charge in [0.2, 0.25) is 11.8 Å². The molecule has 0 bridgehead atoms. The van der Waals surface area contributed by atoms with E-state index >= 15 is 0 Å². The second-order valence-electron chi connectivity index (χ2n) is 8.49. The van der Waals surface area contributed by atoms with Crippen LogP contribution < -0.4 is 21.3 Å². The molecule has 7 nitrogen and oxygen atoms in total. The maximum atomic E-state index is 11.7. The third-order valence-electron chi connectivity index (χ3n) is 5.87. The zero-order chi connectivity index (χ0) is 22.7. The van der Waals surface area contributed by atoms with E-state index in [4.69, 9.17) is 16.6 Å². The highest BCUT2D eigenvalue weighted by atomic mass is 35.5. The molecular formula is C24H28ClN5O2. The van der Waals surface area contributed by atoms with Crippen LogP contribution in [0.3, 0.4) is 0 Å². The summed E-state index contributed by atoms with van der Waals surface area (Å²) in [7, 11) is 0. The highest BCUT2D eigenvalue weighted by Crippen LogP contribution is 2.43. The summed E-state index contributed by atoms with van der Waals surface area (Å²) in [5.74, 6) is 0.477. The second kappa shape index (κ2) is 9.20. The maximum Gasteiger partial charge on any atom is 0.221 e. The number of benzene rings is 2. The van der Waals surface area contributed by atoms with Crippen LogP contribution in [-0.4, -0.2) is 23.2 Å². The number of amides is 2. The van der Waals surface area contributed by atoms with Crippen LogP contribution in [0, 0.1) is 0 Å². The van der Waals surface area contributed by atoms with E-state index < -0.39 is 0 Å². The van der Waals surface area contributed by atoms with E-state index in [1.807, 2.05) is 30.3 Å². The third kappa shape index (κ3) is 4.88. The summed E-state index contributed by atoms with van der Waals surface area (Å²) >= 11 is 6.15. The summed E-state index contributed by atoms with van der Waals surface area (Å²) in [6, 6.07) is 11.4. The van der Waals surface area contributed by atoms with Gasteiger partial charge in [-0.3, -0.25) is 9.59 Å². The first-order valence-corrected chi connectivity index (χ1v) is 11.3. The normalized spacial score (nSPS) is 16.4. The molecule has 1 aliphatic heterocycles. The summed E-state index contributed by atoms with van der Waals surface area (Å²) < 4.78 is 0. The van der Waals surface area contributed by atoms with E-state index in [0.717, 1.165) is 42.8 Å². The number of carbonyl (C=O) groups excluding carboxylic acids is 2. The Bertz CT molecular complexity index is 1080. The molecule has 0 atom stereocenters. The van der Waals surface area contributed by atoms with Gasteiger partial charge in [-0.25, -0.2) is 4.99 Å². The topological polar surface area (TPSA) is 94.6 Å². The Morgan fingerprint density at radius 3 is 2.38 bits per heavy atom. The summed E-state index contributed by atoms with van der Waals surface area (Å²) in [6.45, 7) is 3.50. The Labute approximate surface area is 193 Å². The molecule has 32 heavy (non-hydrogen) atoms. The number of hydrogen-bond donors (Lipinski definition) is 4. The summed E-state index contributed by atoms with van der Waals surface area (Å²) in [4.78, 5) is 28.4. The molecular weight excluding hydrogens is 426 g/mol. The van der Waals surface area contributed by atoms with Crippen molar-refractivity contribution in [1.82, 2.24) is 5.32 Å². The van der Waals surface area contributed by atoms with Gasteiger partial charge in [0.15, 0.2) is 0 Å². The lowest BCUT2D eigenvalue weighted by Gasteiger charge is -2.43. The number of anilines is 3. The molecule has 2 amide bonds. The van der Waals surface area contributed by atoms with Crippen molar-refractivity contribution < 1.29 is 9.59 Å². The quantitative estimate of drug-likeness (QED) is 0.511. The van der Waals surface area contributed by atoms with Crippen molar-refractivity contribution in [1.29, 1.82) is 0 Å². The molecule has 1 saturated carbocycles. The first-order chi connectivity index (χ1) is 15.3. The number of halogens is 1. The van der Waals surface area contributed by atoms with Crippen molar-refractivity contribution in [3.05, 3.63) is 47.0 Å². The lowest BCUT2D eigenvalue weighted by molar-refractivity contribution is -0.115. The highest BCUT2D eigenvalue weighted by molar-refractivity contribution is 6.30. The first kappa shape index (κ1) is 22.1. The van der Waals surface area contributed by atoms with Crippen LogP contribution in [-0.2, 0) is 16.1 Å². The zero-order valence-corrected chi connectivity index (χ0v) is 19.1. The fourth-order valence-electron chi connectivity index (χ4n) is 4.47. The minimum absolute atomic E-state index is 0.202. The van der Waals surface area contributed by atoms with Crippen molar-refractivity contribution in [2.75, 3.05) is 16.0 Å². The number of rotatable bonds is 4. The molecule has 2 aromatic rings. The van der Waals surface area contributed by atoms with Gasteiger partial charge < -0.3 is 21.3 Å². The predicted octanol–water partition coefficient (Wildman–Crippen LogP) is 5.21. The van der Waals surface area contributed by atoms with Crippen molar-refractivity contribution in [3.63, 3.8) is 0 Å².